The first-order chi connectivity index (χ1) is 13.0. The molecule has 1 aliphatic carbocycles. The first-order valence-corrected chi connectivity index (χ1v) is 10.3. The minimum absolute atomic E-state index is 0.194. The first kappa shape index (κ1) is 18.9. The van der Waals surface area contributed by atoms with E-state index in [2.05, 4.69) is 18.7 Å². The molecule has 150 valence electrons. The third-order valence-electron chi connectivity index (χ3n) is 6.73. The maximum Gasteiger partial charge on any atom is 0.181 e. The highest BCUT2D eigenvalue weighted by Crippen LogP contribution is 2.41. The van der Waals surface area contributed by atoms with E-state index in [-0.39, 0.29) is 17.3 Å². The Morgan fingerprint density at radius 3 is 2.52 bits per heavy atom. The van der Waals surface area contributed by atoms with Crippen LogP contribution in [-0.2, 0) is 4.74 Å². The van der Waals surface area contributed by atoms with Crippen molar-refractivity contribution in [3.63, 3.8) is 0 Å². The molecule has 0 spiro atoms. The third kappa shape index (κ3) is 3.66. The van der Waals surface area contributed by atoms with Crippen molar-refractivity contribution in [1.82, 2.24) is 4.90 Å². The zero-order valence-corrected chi connectivity index (χ0v) is 16.3. The Morgan fingerprint density at radius 2 is 1.85 bits per heavy atom. The van der Waals surface area contributed by atoms with Crippen LogP contribution in [0.25, 0.3) is 0 Å². The molecule has 0 atom stereocenters. The normalized spacial score (nSPS) is 29.6. The zero-order valence-electron chi connectivity index (χ0n) is 16.3. The highest BCUT2D eigenvalue weighted by Gasteiger charge is 2.40. The highest BCUT2D eigenvalue weighted by atomic mass is 19.1. The number of ether oxygens (including phenoxy) is 2. The van der Waals surface area contributed by atoms with Gasteiger partial charge in [0.05, 0.1) is 11.8 Å². The average molecular weight is 380 g/mol. The molecule has 0 bridgehead atoms. The lowest BCUT2D eigenvalue weighted by Gasteiger charge is -2.49. The van der Waals surface area contributed by atoms with Crippen molar-refractivity contribution in [3.8, 4) is 5.75 Å². The summed E-state index contributed by atoms with van der Waals surface area (Å²) in [7, 11) is 0. The summed E-state index contributed by atoms with van der Waals surface area (Å²) in [5, 5.41) is 0. The molecule has 2 fully saturated rings. The summed E-state index contributed by atoms with van der Waals surface area (Å²) < 4.78 is 38.9. The Labute approximate surface area is 160 Å². The quantitative estimate of drug-likeness (QED) is 0.777. The molecule has 0 radical (unpaired) electrons. The fraction of sp³-hybridized carbons (Fsp3) is 0.714. The summed E-state index contributed by atoms with van der Waals surface area (Å²) in [5.74, 6) is -0.957. The van der Waals surface area contributed by atoms with Gasteiger partial charge in [0, 0.05) is 43.4 Å². The Kier molecular flexibility index (Phi) is 5.30. The van der Waals surface area contributed by atoms with Crippen molar-refractivity contribution in [2.45, 2.75) is 70.1 Å². The van der Waals surface area contributed by atoms with Crippen LogP contribution in [0.1, 0.15) is 52.4 Å². The van der Waals surface area contributed by atoms with Crippen LogP contribution in [0, 0.1) is 11.6 Å². The minimum atomic E-state index is -0.608. The molecule has 27 heavy (non-hydrogen) atoms. The van der Waals surface area contributed by atoms with Gasteiger partial charge in [-0.25, -0.2) is 8.78 Å². The number of piperidine rings is 1. The van der Waals surface area contributed by atoms with Crippen LogP contribution < -0.4 is 9.64 Å². The van der Waals surface area contributed by atoms with E-state index in [1.807, 2.05) is 4.90 Å². The predicted octanol–water partition coefficient (Wildman–Crippen LogP) is 4.32. The topological polar surface area (TPSA) is 24.9 Å². The van der Waals surface area contributed by atoms with Crippen LogP contribution in [0.3, 0.4) is 0 Å². The van der Waals surface area contributed by atoms with E-state index in [9.17, 15) is 8.78 Å². The predicted molar refractivity (Wildman–Crippen MR) is 101 cm³/mol. The second-order valence-corrected chi connectivity index (χ2v) is 8.35. The summed E-state index contributed by atoms with van der Waals surface area (Å²) in [6.07, 6.45) is 7.02. The van der Waals surface area contributed by atoms with Gasteiger partial charge >= 0.3 is 0 Å². The van der Waals surface area contributed by atoms with Crippen molar-refractivity contribution in [2.24, 2.45) is 0 Å². The Hall–Kier alpha value is -1.40. The second-order valence-electron chi connectivity index (χ2n) is 8.35. The maximum absolute atomic E-state index is 13.9. The lowest BCUT2D eigenvalue weighted by molar-refractivity contribution is -0.0252. The maximum atomic E-state index is 13.9. The number of fused-ring (bicyclic) bond motifs is 1. The van der Waals surface area contributed by atoms with Crippen molar-refractivity contribution in [2.75, 3.05) is 31.3 Å². The largest absolute Gasteiger partial charge is 0.468 e. The number of nitrogens with zero attached hydrogens (tertiary/aromatic N) is 2. The van der Waals surface area contributed by atoms with Crippen molar-refractivity contribution < 1.29 is 18.3 Å². The molecule has 0 amide bonds. The zero-order chi connectivity index (χ0) is 19.0. The van der Waals surface area contributed by atoms with E-state index in [1.54, 1.807) is 0 Å². The van der Waals surface area contributed by atoms with Crippen LogP contribution in [-0.4, -0.2) is 49.0 Å². The molecule has 0 N–H and O–H groups in total. The standard InChI is InChI=1S/C21H30F2N2O2/c1-3-26-17-4-8-21(2,9-5-17)24-10-6-16(7-11-24)25-14-27-20-18(23)12-15(22)13-19(20)25/h12-13,16-17H,3-11,14H2,1-2H3/t17-,21-. The molecule has 1 saturated carbocycles. The molecule has 1 aromatic carbocycles. The lowest BCUT2D eigenvalue weighted by Crippen LogP contribution is -2.55. The van der Waals surface area contributed by atoms with Gasteiger partial charge in [0.1, 0.15) is 5.82 Å². The van der Waals surface area contributed by atoms with Crippen molar-refractivity contribution in [1.29, 1.82) is 0 Å². The molecule has 1 saturated heterocycles. The fourth-order valence-corrected chi connectivity index (χ4v) is 5.06. The van der Waals surface area contributed by atoms with E-state index in [0.29, 0.717) is 18.5 Å². The fourth-order valence-electron chi connectivity index (χ4n) is 5.06. The van der Waals surface area contributed by atoms with Gasteiger partial charge in [0.15, 0.2) is 18.3 Å². The Morgan fingerprint density at radius 1 is 1.15 bits per heavy atom. The van der Waals surface area contributed by atoms with Gasteiger partial charge in [-0.05, 0) is 52.4 Å². The molecule has 4 rings (SSSR count). The van der Waals surface area contributed by atoms with Gasteiger partial charge in [0.2, 0.25) is 0 Å². The molecular weight excluding hydrogens is 350 g/mol. The molecule has 3 aliphatic rings. The first-order valence-electron chi connectivity index (χ1n) is 10.3. The van der Waals surface area contributed by atoms with Gasteiger partial charge in [-0.2, -0.15) is 0 Å². The van der Waals surface area contributed by atoms with E-state index >= 15 is 0 Å². The van der Waals surface area contributed by atoms with Crippen LogP contribution in [0.5, 0.6) is 5.75 Å². The molecule has 4 nitrogen and oxygen atoms in total. The van der Waals surface area contributed by atoms with Gasteiger partial charge in [0.25, 0.3) is 0 Å². The van der Waals surface area contributed by atoms with Gasteiger partial charge in [-0.3, -0.25) is 4.90 Å². The molecule has 2 heterocycles. The average Bonchev–Trinajstić information content (AvgIpc) is 3.08. The number of rotatable bonds is 4. The summed E-state index contributed by atoms with van der Waals surface area (Å²) in [5.41, 5.74) is 0.810. The molecule has 6 heteroatoms. The second kappa shape index (κ2) is 7.55. The number of hydrogen-bond acceptors (Lipinski definition) is 4. The number of anilines is 1. The summed E-state index contributed by atoms with van der Waals surface area (Å²) in [6.45, 7) is 7.60. The van der Waals surface area contributed by atoms with Crippen LogP contribution in [0.2, 0.25) is 0 Å². The van der Waals surface area contributed by atoms with E-state index in [4.69, 9.17) is 9.47 Å². The van der Waals surface area contributed by atoms with Crippen LogP contribution in [0.15, 0.2) is 12.1 Å². The lowest BCUT2D eigenvalue weighted by atomic mass is 9.79. The van der Waals surface area contributed by atoms with E-state index in [0.717, 1.165) is 51.4 Å². The van der Waals surface area contributed by atoms with Crippen LogP contribution >= 0.6 is 0 Å². The number of likely N-dealkylation sites (tertiary alicyclic amines) is 1. The van der Waals surface area contributed by atoms with Crippen molar-refractivity contribution in [3.05, 3.63) is 23.8 Å². The molecule has 0 unspecified atom stereocenters. The van der Waals surface area contributed by atoms with E-state index < -0.39 is 11.6 Å². The molecular formula is C21H30F2N2O2. The minimum Gasteiger partial charge on any atom is -0.468 e. The SMILES string of the molecule is CCO[C@H]1CC[C@](C)(N2CCC(N3COc4c(F)cc(F)cc43)CC2)CC1. The molecule has 2 aliphatic heterocycles. The molecule has 0 aromatic heterocycles. The third-order valence-corrected chi connectivity index (χ3v) is 6.73. The number of halogens is 2. The summed E-state index contributed by atoms with van der Waals surface area (Å²) in [4.78, 5) is 4.66. The van der Waals surface area contributed by atoms with Gasteiger partial charge < -0.3 is 14.4 Å². The monoisotopic (exact) mass is 380 g/mol. The van der Waals surface area contributed by atoms with Crippen molar-refractivity contribution >= 4 is 5.69 Å². The molecule has 1 aromatic rings. The highest BCUT2D eigenvalue weighted by molar-refractivity contribution is 5.62. The van der Waals surface area contributed by atoms with E-state index in [1.165, 1.54) is 18.9 Å². The summed E-state index contributed by atoms with van der Waals surface area (Å²) in [6, 6.07) is 2.56. The number of benzene rings is 1. The van der Waals surface area contributed by atoms with Gasteiger partial charge in [-0.15, -0.1) is 0 Å². The smallest absolute Gasteiger partial charge is 0.181 e. The Balaban J connectivity index is 1.37. The summed E-state index contributed by atoms with van der Waals surface area (Å²) >= 11 is 0. The number of hydrogen-bond donors (Lipinski definition) is 0. The van der Waals surface area contributed by atoms with Crippen LogP contribution in [0.4, 0.5) is 14.5 Å². The van der Waals surface area contributed by atoms with Gasteiger partial charge in [-0.1, -0.05) is 0 Å². The Bertz CT molecular complexity index is 668.